The Bertz CT molecular complexity index is 594. The number of hydrogen-bond donors (Lipinski definition) is 0. The van der Waals surface area contributed by atoms with Crippen molar-refractivity contribution >= 4 is 11.9 Å². The number of hydrogen-bond acceptors (Lipinski definition) is 2. The second kappa shape index (κ2) is 4.81. The number of rotatable bonds is 3. The lowest BCUT2D eigenvalue weighted by Gasteiger charge is -2.31. The second-order valence-corrected chi connectivity index (χ2v) is 7.25. The molecule has 2 unspecified atom stereocenters. The number of benzene rings is 1. The van der Waals surface area contributed by atoms with Crippen LogP contribution in [0.1, 0.15) is 44.7 Å². The van der Waals surface area contributed by atoms with E-state index < -0.39 is 0 Å². The minimum Gasteiger partial charge on any atom is -0.380 e. The fourth-order valence-electron chi connectivity index (χ4n) is 4.15. The Labute approximate surface area is 127 Å². The van der Waals surface area contributed by atoms with Crippen LogP contribution in [-0.4, -0.2) is 12.9 Å². The van der Waals surface area contributed by atoms with Crippen LogP contribution in [0.3, 0.4) is 0 Å². The molecule has 0 amide bonds. The maximum atomic E-state index is 12.8. The molecule has 0 aromatic heterocycles. The van der Waals surface area contributed by atoms with Crippen LogP contribution in [0.5, 0.6) is 0 Å². The number of carbonyl (C=O) groups is 1. The van der Waals surface area contributed by atoms with Gasteiger partial charge in [0.1, 0.15) is 0 Å². The zero-order valence-electron chi connectivity index (χ0n) is 13.4. The van der Waals surface area contributed by atoms with Crippen LogP contribution in [-0.2, 0) is 16.1 Å². The molecule has 3 rings (SSSR count). The summed E-state index contributed by atoms with van der Waals surface area (Å²) in [6.45, 7) is 7.29. The SMILES string of the molecule is COCc1ccc(C=C2C(=O)C3(C)CCC2C3(C)C)cc1. The predicted octanol–water partition coefficient (Wildman–Crippen LogP) is 4.24. The highest BCUT2D eigenvalue weighted by Crippen LogP contribution is 2.65. The minimum atomic E-state index is -0.167. The van der Waals surface area contributed by atoms with E-state index in [9.17, 15) is 4.79 Å². The smallest absolute Gasteiger partial charge is 0.165 e. The standard InChI is InChI=1S/C19H24O2/c1-18(2)16-9-10-19(18,3)17(20)15(16)11-13-5-7-14(8-6-13)12-21-4/h5-8,11,16H,9-10,12H2,1-4H3. The average molecular weight is 284 g/mol. The summed E-state index contributed by atoms with van der Waals surface area (Å²) in [6.07, 6.45) is 4.28. The van der Waals surface area contributed by atoms with Gasteiger partial charge >= 0.3 is 0 Å². The van der Waals surface area contributed by atoms with Gasteiger partial charge in [-0.05, 0) is 47.0 Å². The molecule has 2 heteroatoms. The summed E-state index contributed by atoms with van der Waals surface area (Å²) in [7, 11) is 1.70. The lowest BCUT2D eigenvalue weighted by atomic mass is 9.70. The summed E-state index contributed by atoms with van der Waals surface area (Å²) in [5.41, 5.74) is 3.23. The first kappa shape index (κ1) is 14.5. The van der Waals surface area contributed by atoms with E-state index in [1.165, 1.54) is 0 Å². The molecule has 2 aliphatic rings. The number of ketones is 1. The van der Waals surface area contributed by atoms with Crippen molar-refractivity contribution in [3.8, 4) is 0 Å². The third kappa shape index (κ3) is 2.00. The van der Waals surface area contributed by atoms with Crippen molar-refractivity contribution < 1.29 is 9.53 Å². The summed E-state index contributed by atoms with van der Waals surface area (Å²) in [5.74, 6) is 0.776. The van der Waals surface area contributed by atoms with E-state index in [4.69, 9.17) is 4.74 Å². The number of ether oxygens (including phenoxy) is 1. The van der Waals surface area contributed by atoms with Gasteiger partial charge in [-0.1, -0.05) is 45.0 Å². The molecule has 112 valence electrons. The minimum absolute atomic E-state index is 0.0892. The van der Waals surface area contributed by atoms with E-state index in [1.54, 1.807) is 7.11 Å². The van der Waals surface area contributed by atoms with Gasteiger partial charge in [0.2, 0.25) is 0 Å². The zero-order chi connectivity index (χ0) is 15.3. The van der Waals surface area contributed by atoms with Crippen LogP contribution >= 0.6 is 0 Å². The zero-order valence-corrected chi connectivity index (χ0v) is 13.4. The molecule has 1 aromatic carbocycles. The van der Waals surface area contributed by atoms with Crippen molar-refractivity contribution in [3.63, 3.8) is 0 Å². The van der Waals surface area contributed by atoms with Crippen molar-refractivity contribution in [2.75, 3.05) is 7.11 Å². The lowest BCUT2D eigenvalue weighted by molar-refractivity contribution is -0.125. The molecule has 2 saturated carbocycles. The molecule has 1 aromatic rings. The highest BCUT2D eigenvalue weighted by molar-refractivity contribution is 6.07. The molecule has 0 N–H and O–H groups in total. The van der Waals surface area contributed by atoms with Crippen molar-refractivity contribution in [2.24, 2.45) is 16.7 Å². The van der Waals surface area contributed by atoms with Crippen LogP contribution in [0, 0.1) is 16.7 Å². The van der Waals surface area contributed by atoms with Crippen LogP contribution in [0.4, 0.5) is 0 Å². The molecule has 0 aliphatic heterocycles. The fraction of sp³-hybridized carbons (Fsp3) is 0.526. The summed E-state index contributed by atoms with van der Waals surface area (Å²) >= 11 is 0. The third-order valence-electron chi connectivity index (χ3n) is 5.98. The quantitative estimate of drug-likeness (QED) is 0.776. The number of fused-ring (bicyclic) bond motifs is 2. The van der Waals surface area contributed by atoms with E-state index in [-0.39, 0.29) is 10.8 Å². The Balaban J connectivity index is 1.92. The van der Waals surface area contributed by atoms with E-state index in [0.29, 0.717) is 18.3 Å². The fourth-order valence-corrected chi connectivity index (χ4v) is 4.15. The third-order valence-corrected chi connectivity index (χ3v) is 5.98. The molecule has 21 heavy (non-hydrogen) atoms. The maximum Gasteiger partial charge on any atom is 0.165 e. The molecule has 2 fully saturated rings. The molecule has 0 spiro atoms. The van der Waals surface area contributed by atoms with Crippen LogP contribution < -0.4 is 0 Å². The first-order valence-corrected chi connectivity index (χ1v) is 7.74. The second-order valence-electron chi connectivity index (χ2n) is 7.25. The van der Waals surface area contributed by atoms with Gasteiger partial charge in [-0.25, -0.2) is 0 Å². The summed E-state index contributed by atoms with van der Waals surface area (Å²) in [4.78, 5) is 12.8. The van der Waals surface area contributed by atoms with E-state index in [2.05, 4.69) is 51.1 Å². The van der Waals surface area contributed by atoms with Crippen molar-refractivity contribution in [1.82, 2.24) is 0 Å². The molecular formula is C19H24O2. The maximum absolute atomic E-state index is 12.8. The van der Waals surface area contributed by atoms with Gasteiger partial charge in [0, 0.05) is 12.5 Å². The predicted molar refractivity (Wildman–Crippen MR) is 84.8 cm³/mol. The van der Waals surface area contributed by atoms with Crippen molar-refractivity contribution in [1.29, 1.82) is 0 Å². The molecule has 0 radical (unpaired) electrons. The molecule has 2 bridgehead atoms. The van der Waals surface area contributed by atoms with Gasteiger partial charge in [0.25, 0.3) is 0 Å². The number of Topliss-reactive ketones (excluding diaryl/α,β-unsaturated/α-hetero) is 1. The molecule has 2 nitrogen and oxygen atoms in total. The highest BCUT2D eigenvalue weighted by Gasteiger charge is 2.63. The Morgan fingerprint density at radius 2 is 1.90 bits per heavy atom. The van der Waals surface area contributed by atoms with Gasteiger partial charge in [0.05, 0.1) is 6.61 Å². The van der Waals surface area contributed by atoms with E-state index in [1.807, 2.05) is 0 Å². The Morgan fingerprint density at radius 3 is 2.43 bits per heavy atom. The van der Waals surface area contributed by atoms with Crippen molar-refractivity contribution in [2.45, 2.75) is 40.2 Å². The lowest BCUT2D eigenvalue weighted by Crippen LogP contribution is -2.32. The van der Waals surface area contributed by atoms with E-state index in [0.717, 1.165) is 29.5 Å². The average Bonchev–Trinajstić information content (AvgIpc) is 2.75. The van der Waals surface area contributed by atoms with E-state index >= 15 is 0 Å². The summed E-state index contributed by atoms with van der Waals surface area (Å²) < 4.78 is 5.13. The summed E-state index contributed by atoms with van der Waals surface area (Å²) in [6, 6.07) is 8.30. The summed E-state index contributed by atoms with van der Waals surface area (Å²) in [5, 5.41) is 0. The topological polar surface area (TPSA) is 26.3 Å². The first-order chi connectivity index (χ1) is 9.90. The molecule has 0 heterocycles. The first-order valence-electron chi connectivity index (χ1n) is 7.74. The molecule has 0 saturated heterocycles. The van der Waals surface area contributed by atoms with Crippen LogP contribution in [0.25, 0.3) is 6.08 Å². The number of carbonyl (C=O) groups excluding carboxylic acids is 1. The van der Waals surface area contributed by atoms with Gasteiger partial charge in [-0.3, -0.25) is 4.79 Å². The normalized spacial score (nSPS) is 32.1. The van der Waals surface area contributed by atoms with Crippen molar-refractivity contribution in [3.05, 3.63) is 41.0 Å². The monoisotopic (exact) mass is 284 g/mol. The van der Waals surface area contributed by atoms with Gasteiger partial charge < -0.3 is 4.74 Å². The molecular weight excluding hydrogens is 260 g/mol. The highest BCUT2D eigenvalue weighted by atomic mass is 16.5. The van der Waals surface area contributed by atoms with Crippen LogP contribution in [0.15, 0.2) is 29.8 Å². The van der Waals surface area contributed by atoms with Crippen LogP contribution in [0.2, 0.25) is 0 Å². The van der Waals surface area contributed by atoms with Gasteiger partial charge in [-0.15, -0.1) is 0 Å². The Morgan fingerprint density at radius 1 is 1.24 bits per heavy atom. The van der Waals surface area contributed by atoms with Gasteiger partial charge in [-0.2, -0.15) is 0 Å². The Hall–Kier alpha value is -1.41. The largest absolute Gasteiger partial charge is 0.380 e. The van der Waals surface area contributed by atoms with Gasteiger partial charge in [0.15, 0.2) is 5.78 Å². The molecule has 2 aliphatic carbocycles. The number of methoxy groups -OCH3 is 1. The Kier molecular flexibility index (Phi) is 3.32. The number of allylic oxidation sites excluding steroid dienone is 1. The molecule has 2 atom stereocenters.